The van der Waals surface area contributed by atoms with Gasteiger partial charge >= 0.3 is 0 Å². The van der Waals surface area contributed by atoms with Crippen molar-refractivity contribution in [1.29, 1.82) is 5.41 Å². The molecule has 0 spiro atoms. The van der Waals surface area contributed by atoms with Crippen LogP contribution in [-0.2, 0) is 6.54 Å². The molecule has 1 heterocycles. The van der Waals surface area contributed by atoms with Gasteiger partial charge in [-0.05, 0) is 29.8 Å². The maximum absolute atomic E-state index is 12.8. The summed E-state index contributed by atoms with van der Waals surface area (Å²) in [5, 5.41) is 8.43. The van der Waals surface area contributed by atoms with Crippen molar-refractivity contribution in [2.75, 3.05) is 12.8 Å². The first-order chi connectivity index (χ1) is 14.0. The van der Waals surface area contributed by atoms with Crippen molar-refractivity contribution in [2.24, 2.45) is 0 Å². The topological polar surface area (TPSA) is 98.9 Å². The number of aromatic amines is 1. The summed E-state index contributed by atoms with van der Waals surface area (Å²) in [6, 6.07) is 22.4. The van der Waals surface area contributed by atoms with E-state index in [2.05, 4.69) is 9.97 Å². The van der Waals surface area contributed by atoms with E-state index in [0.717, 1.165) is 5.56 Å². The summed E-state index contributed by atoms with van der Waals surface area (Å²) in [5.74, 6) is 0.342. The number of benzene rings is 3. The van der Waals surface area contributed by atoms with Crippen LogP contribution in [0.25, 0.3) is 11.0 Å². The van der Waals surface area contributed by atoms with Crippen LogP contribution in [0, 0.1) is 5.41 Å². The van der Waals surface area contributed by atoms with Crippen LogP contribution < -0.4 is 5.73 Å². The number of aromatic nitrogens is 2. The minimum atomic E-state index is -0.0747. The molecule has 144 valence electrons. The summed E-state index contributed by atoms with van der Waals surface area (Å²) < 4.78 is 0. The molecule has 4 rings (SSSR count). The number of nitrogens with one attached hydrogen (secondary N) is 2. The Hall–Kier alpha value is -3.93. The largest absolute Gasteiger partial charge is 0.398 e. The van der Waals surface area contributed by atoms with Gasteiger partial charge in [0.2, 0.25) is 0 Å². The van der Waals surface area contributed by atoms with Crippen LogP contribution in [0.4, 0.5) is 5.69 Å². The number of rotatable bonds is 5. The van der Waals surface area contributed by atoms with E-state index in [4.69, 9.17) is 11.1 Å². The van der Waals surface area contributed by atoms with E-state index in [1.807, 2.05) is 42.5 Å². The SMILES string of the molecule is CN(Cc1ccccc1)C(=O)c1ccc2nc(C(=N)c3ccccc3N)[nH]c2c1. The van der Waals surface area contributed by atoms with Crippen molar-refractivity contribution >= 4 is 28.3 Å². The zero-order valence-corrected chi connectivity index (χ0v) is 16.0. The Bertz CT molecular complexity index is 1200. The van der Waals surface area contributed by atoms with E-state index < -0.39 is 0 Å². The van der Waals surface area contributed by atoms with E-state index in [1.54, 1.807) is 42.3 Å². The fourth-order valence-electron chi connectivity index (χ4n) is 3.26. The molecule has 6 heteroatoms. The number of anilines is 1. The number of nitrogen functional groups attached to an aromatic ring is 1. The second kappa shape index (κ2) is 7.59. The molecule has 0 aliphatic carbocycles. The molecule has 1 aromatic heterocycles. The molecular weight excluding hydrogens is 362 g/mol. The van der Waals surface area contributed by atoms with Gasteiger partial charge in [-0.2, -0.15) is 0 Å². The van der Waals surface area contributed by atoms with Gasteiger partial charge in [0.15, 0.2) is 5.82 Å². The van der Waals surface area contributed by atoms with Crippen LogP contribution >= 0.6 is 0 Å². The van der Waals surface area contributed by atoms with Crippen LogP contribution in [0.15, 0.2) is 72.8 Å². The monoisotopic (exact) mass is 383 g/mol. The van der Waals surface area contributed by atoms with Crippen LogP contribution in [0.5, 0.6) is 0 Å². The number of hydrogen-bond donors (Lipinski definition) is 3. The number of imidazole rings is 1. The van der Waals surface area contributed by atoms with E-state index in [1.165, 1.54) is 0 Å². The number of carbonyl (C=O) groups is 1. The molecule has 29 heavy (non-hydrogen) atoms. The molecule has 0 radical (unpaired) electrons. The molecular formula is C23H21N5O. The van der Waals surface area contributed by atoms with Gasteiger partial charge in [-0.1, -0.05) is 48.5 Å². The smallest absolute Gasteiger partial charge is 0.253 e. The standard InChI is InChI=1S/C23H21N5O/c1-28(14-15-7-3-2-4-8-15)23(29)16-11-12-19-20(13-16)27-22(26-19)21(25)17-9-5-6-10-18(17)24/h2-13,25H,14,24H2,1H3,(H,26,27). The maximum Gasteiger partial charge on any atom is 0.253 e. The molecule has 0 saturated carbocycles. The van der Waals surface area contributed by atoms with Crippen molar-refractivity contribution in [3.05, 3.63) is 95.3 Å². The number of para-hydroxylation sites is 1. The highest BCUT2D eigenvalue weighted by molar-refractivity contribution is 6.12. The highest BCUT2D eigenvalue weighted by Gasteiger charge is 2.16. The number of fused-ring (bicyclic) bond motifs is 1. The zero-order valence-electron chi connectivity index (χ0n) is 16.0. The van der Waals surface area contributed by atoms with E-state index in [0.29, 0.717) is 40.2 Å². The number of amides is 1. The summed E-state index contributed by atoms with van der Waals surface area (Å²) in [7, 11) is 1.78. The molecule has 0 fully saturated rings. The molecule has 4 N–H and O–H groups in total. The fourth-order valence-corrected chi connectivity index (χ4v) is 3.26. The van der Waals surface area contributed by atoms with Crippen molar-refractivity contribution < 1.29 is 4.79 Å². The summed E-state index contributed by atoms with van der Waals surface area (Å²) in [6.45, 7) is 0.532. The average Bonchev–Trinajstić information content (AvgIpc) is 3.17. The molecule has 0 aliphatic rings. The second-order valence-corrected chi connectivity index (χ2v) is 6.93. The van der Waals surface area contributed by atoms with Crippen molar-refractivity contribution in [1.82, 2.24) is 14.9 Å². The lowest BCUT2D eigenvalue weighted by molar-refractivity contribution is 0.0785. The van der Waals surface area contributed by atoms with Crippen molar-refractivity contribution in [3.63, 3.8) is 0 Å². The van der Waals surface area contributed by atoms with Crippen LogP contribution in [0.2, 0.25) is 0 Å². The number of nitrogens with two attached hydrogens (primary N) is 1. The maximum atomic E-state index is 12.8. The zero-order chi connectivity index (χ0) is 20.4. The van der Waals surface area contributed by atoms with Gasteiger partial charge in [0.25, 0.3) is 5.91 Å². The number of H-pyrrole nitrogens is 1. The van der Waals surface area contributed by atoms with E-state index >= 15 is 0 Å². The Labute approximate surface area is 168 Å². The van der Waals surface area contributed by atoms with Gasteiger partial charge in [-0.3, -0.25) is 10.2 Å². The number of hydrogen-bond acceptors (Lipinski definition) is 4. The molecule has 0 bridgehead atoms. The Morgan fingerprint density at radius 3 is 2.55 bits per heavy atom. The van der Waals surface area contributed by atoms with Gasteiger partial charge in [-0.25, -0.2) is 4.98 Å². The molecule has 3 aromatic carbocycles. The lowest BCUT2D eigenvalue weighted by atomic mass is 10.1. The van der Waals surface area contributed by atoms with Gasteiger partial charge in [0.1, 0.15) is 5.71 Å². The normalized spacial score (nSPS) is 10.8. The quantitative estimate of drug-likeness (QED) is 0.361. The molecule has 0 atom stereocenters. The predicted octanol–water partition coefficient (Wildman–Crippen LogP) is 3.83. The van der Waals surface area contributed by atoms with Crippen molar-refractivity contribution in [3.8, 4) is 0 Å². The van der Waals surface area contributed by atoms with Gasteiger partial charge in [0.05, 0.1) is 11.0 Å². The Kier molecular flexibility index (Phi) is 4.83. The summed E-state index contributed by atoms with van der Waals surface area (Å²) in [6.07, 6.45) is 0. The van der Waals surface area contributed by atoms with E-state index in [9.17, 15) is 4.79 Å². The third-order valence-electron chi connectivity index (χ3n) is 4.81. The number of carbonyl (C=O) groups excluding carboxylic acids is 1. The molecule has 4 aromatic rings. The Morgan fingerprint density at radius 1 is 1.07 bits per heavy atom. The molecule has 0 unspecified atom stereocenters. The minimum Gasteiger partial charge on any atom is -0.398 e. The predicted molar refractivity (Wildman–Crippen MR) is 115 cm³/mol. The second-order valence-electron chi connectivity index (χ2n) is 6.93. The van der Waals surface area contributed by atoms with Gasteiger partial charge < -0.3 is 15.6 Å². The van der Waals surface area contributed by atoms with Gasteiger partial charge in [-0.15, -0.1) is 0 Å². The minimum absolute atomic E-state index is 0.0747. The summed E-state index contributed by atoms with van der Waals surface area (Å²) in [5.41, 5.74) is 10.4. The lowest BCUT2D eigenvalue weighted by Gasteiger charge is -2.17. The Balaban J connectivity index is 1.59. The first-order valence-corrected chi connectivity index (χ1v) is 9.26. The average molecular weight is 383 g/mol. The van der Waals surface area contributed by atoms with Crippen LogP contribution in [0.3, 0.4) is 0 Å². The van der Waals surface area contributed by atoms with Crippen LogP contribution in [-0.4, -0.2) is 33.5 Å². The lowest BCUT2D eigenvalue weighted by Crippen LogP contribution is -2.26. The van der Waals surface area contributed by atoms with E-state index in [-0.39, 0.29) is 11.6 Å². The third kappa shape index (κ3) is 3.73. The van der Waals surface area contributed by atoms with Crippen molar-refractivity contribution in [2.45, 2.75) is 6.54 Å². The third-order valence-corrected chi connectivity index (χ3v) is 4.81. The first-order valence-electron chi connectivity index (χ1n) is 9.26. The first kappa shape index (κ1) is 18.4. The highest BCUT2D eigenvalue weighted by Crippen LogP contribution is 2.19. The summed E-state index contributed by atoms with van der Waals surface area (Å²) >= 11 is 0. The highest BCUT2D eigenvalue weighted by atomic mass is 16.2. The molecule has 1 amide bonds. The molecule has 0 aliphatic heterocycles. The summed E-state index contributed by atoms with van der Waals surface area (Å²) in [4.78, 5) is 22.1. The van der Waals surface area contributed by atoms with Crippen LogP contribution in [0.1, 0.15) is 27.3 Å². The Morgan fingerprint density at radius 2 is 1.79 bits per heavy atom. The molecule has 6 nitrogen and oxygen atoms in total. The number of nitrogens with zero attached hydrogens (tertiary/aromatic N) is 2. The fraction of sp³-hybridized carbons (Fsp3) is 0.0870. The molecule has 0 saturated heterocycles. The van der Waals surface area contributed by atoms with Gasteiger partial charge in [0, 0.05) is 30.4 Å².